The van der Waals surface area contributed by atoms with Crippen molar-refractivity contribution in [3.63, 3.8) is 0 Å². The Bertz CT molecular complexity index is 756. The standard InChI is InChI=1S/C14H19ClN4O2S/c1-4-19-9-12(17-10-19)8-16-11-5-6-13(15)14(7-11)22(20,21)18(2)3/h5-7,9-10,16H,4,8H2,1-3H3. The molecule has 0 atom stereocenters. The van der Waals surface area contributed by atoms with E-state index in [2.05, 4.69) is 10.3 Å². The summed E-state index contributed by atoms with van der Waals surface area (Å²) in [5.74, 6) is 0. The van der Waals surface area contributed by atoms with Crippen LogP contribution in [-0.2, 0) is 23.1 Å². The fourth-order valence-corrected chi connectivity index (χ4v) is 3.26. The zero-order valence-corrected chi connectivity index (χ0v) is 14.3. The molecule has 0 fully saturated rings. The summed E-state index contributed by atoms with van der Waals surface area (Å²) in [7, 11) is -0.621. The Morgan fingerprint density at radius 2 is 2.09 bits per heavy atom. The lowest BCUT2D eigenvalue weighted by Crippen LogP contribution is -2.22. The molecule has 1 N–H and O–H groups in total. The third kappa shape index (κ3) is 3.60. The Kier molecular flexibility index (Phi) is 5.10. The van der Waals surface area contributed by atoms with E-state index in [0.717, 1.165) is 16.5 Å². The van der Waals surface area contributed by atoms with Gasteiger partial charge in [-0.3, -0.25) is 0 Å². The van der Waals surface area contributed by atoms with Gasteiger partial charge in [0.2, 0.25) is 10.0 Å². The van der Waals surface area contributed by atoms with E-state index in [1.165, 1.54) is 20.2 Å². The van der Waals surface area contributed by atoms with Crippen molar-refractivity contribution < 1.29 is 8.42 Å². The van der Waals surface area contributed by atoms with Gasteiger partial charge in [0, 0.05) is 32.5 Å². The Balaban J connectivity index is 2.19. The molecule has 2 rings (SSSR count). The number of anilines is 1. The number of aromatic nitrogens is 2. The number of aryl methyl sites for hydroxylation is 1. The number of halogens is 1. The molecule has 1 aromatic carbocycles. The molecule has 0 amide bonds. The fourth-order valence-electron chi connectivity index (χ4n) is 1.87. The molecule has 0 aliphatic rings. The molecule has 22 heavy (non-hydrogen) atoms. The van der Waals surface area contributed by atoms with Crippen molar-refractivity contribution in [3.05, 3.63) is 41.4 Å². The number of hydrogen-bond acceptors (Lipinski definition) is 4. The summed E-state index contributed by atoms with van der Waals surface area (Å²) in [5.41, 5.74) is 1.56. The second-order valence-electron chi connectivity index (χ2n) is 4.98. The van der Waals surface area contributed by atoms with Crippen LogP contribution in [0.5, 0.6) is 0 Å². The third-order valence-corrected chi connectivity index (χ3v) is 5.51. The number of hydrogen-bond donors (Lipinski definition) is 1. The van der Waals surface area contributed by atoms with Crippen molar-refractivity contribution in [1.29, 1.82) is 0 Å². The smallest absolute Gasteiger partial charge is 0.244 e. The molecule has 120 valence electrons. The maximum atomic E-state index is 12.2. The van der Waals surface area contributed by atoms with Crippen LogP contribution < -0.4 is 5.32 Å². The van der Waals surface area contributed by atoms with Crippen LogP contribution in [0, 0.1) is 0 Å². The summed E-state index contributed by atoms with van der Waals surface area (Å²) >= 11 is 6.01. The lowest BCUT2D eigenvalue weighted by molar-refractivity contribution is 0.521. The monoisotopic (exact) mass is 342 g/mol. The molecule has 0 spiro atoms. The Morgan fingerprint density at radius 1 is 1.36 bits per heavy atom. The van der Waals surface area contributed by atoms with E-state index < -0.39 is 10.0 Å². The molecule has 6 nitrogen and oxygen atoms in total. The Morgan fingerprint density at radius 3 is 2.68 bits per heavy atom. The zero-order chi connectivity index (χ0) is 16.3. The normalized spacial score (nSPS) is 11.9. The maximum absolute atomic E-state index is 12.2. The molecule has 0 unspecified atom stereocenters. The summed E-state index contributed by atoms with van der Waals surface area (Å²) in [4.78, 5) is 4.35. The van der Waals surface area contributed by atoms with Gasteiger partial charge in [0.05, 0.1) is 23.6 Å². The molecule has 1 heterocycles. The third-order valence-electron chi connectivity index (χ3n) is 3.22. The van der Waals surface area contributed by atoms with Gasteiger partial charge < -0.3 is 9.88 Å². The molecule has 0 bridgehead atoms. The molecule has 1 aromatic heterocycles. The molecule has 0 saturated heterocycles. The van der Waals surface area contributed by atoms with Gasteiger partial charge >= 0.3 is 0 Å². The van der Waals surface area contributed by atoms with Crippen molar-refractivity contribution in [3.8, 4) is 0 Å². The average molecular weight is 343 g/mol. The molecular formula is C14H19ClN4O2S. The van der Waals surface area contributed by atoms with E-state index in [-0.39, 0.29) is 9.92 Å². The minimum atomic E-state index is -3.57. The van der Waals surface area contributed by atoms with E-state index in [1.54, 1.807) is 18.5 Å². The first kappa shape index (κ1) is 16.8. The van der Waals surface area contributed by atoms with E-state index in [9.17, 15) is 8.42 Å². The molecule has 0 aliphatic carbocycles. The van der Waals surface area contributed by atoms with Crippen LogP contribution in [0.1, 0.15) is 12.6 Å². The van der Waals surface area contributed by atoms with Crippen molar-refractivity contribution in [2.45, 2.75) is 24.9 Å². The predicted octanol–water partition coefficient (Wildman–Crippen LogP) is 2.42. The fraction of sp³-hybridized carbons (Fsp3) is 0.357. The van der Waals surface area contributed by atoms with Crippen LogP contribution in [0.3, 0.4) is 0 Å². The quantitative estimate of drug-likeness (QED) is 0.875. The average Bonchev–Trinajstić information content (AvgIpc) is 2.94. The van der Waals surface area contributed by atoms with Crippen LogP contribution in [0.2, 0.25) is 5.02 Å². The zero-order valence-electron chi connectivity index (χ0n) is 12.7. The van der Waals surface area contributed by atoms with Gasteiger partial charge in [-0.25, -0.2) is 17.7 Å². The van der Waals surface area contributed by atoms with Crippen molar-refractivity contribution in [2.24, 2.45) is 0 Å². The van der Waals surface area contributed by atoms with Gasteiger partial charge in [-0.1, -0.05) is 11.6 Å². The second kappa shape index (κ2) is 6.68. The first-order valence-electron chi connectivity index (χ1n) is 6.81. The Hall–Kier alpha value is -1.57. The number of nitrogens with zero attached hydrogens (tertiary/aromatic N) is 3. The topological polar surface area (TPSA) is 67.2 Å². The summed E-state index contributed by atoms with van der Waals surface area (Å²) in [6, 6.07) is 4.85. The highest BCUT2D eigenvalue weighted by Gasteiger charge is 2.21. The van der Waals surface area contributed by atoms with Crippen molar-refractivity contribution in [2.75, 3.05) is 19.4 Å². The van der Waals surface area contributed by atoms with Crippen LogP contribution in [0.15, 0.2) is 35.6 Å². The van der Waals surface area contributed by atoms with Gasteiger partial charge in [0.15, 0.2) is 0 Å². The lowest BCUT2D eigenvalue weighted by Gasteiger charge is -2.14. The first-order chi connectivity index (χ1) is 10.3. The van der Waals surface area contributed by atoms with Crippen molar-refractivity contribution in [1.82, 2.24) is 13.9 Å². The van der Waals surface area contributed by atoms with Crippen LogP contribution in [-0.4, -0.2) is 36.4 Å². The molecule has 8 heteroatoms. The highest BCUT2D eigenvalue weighted by molar-refractivity contribution is 7.89. The summed E-state index contributed by atoms with van der Waals surface area (Å²) in [6.07, 6.45) is 3.71. The SMILES string of the molecule is CCn1cnc(CNc2ccc(Cl)c(S(=O)(=O)N(C)C)c2)c1. The molecule has 0 saturated carbocycles. The number of nitrogens with one attached hydrogen (secondary N) is 1. The largest absolute Gasteiger partial charge is 0.379 e. The van der Waals surface area contributed by atoms with E-state index in [1.807, 2.05) is 17.7 Å². The predicted molar refractivity (Wildman–Crippen MR) is 87.6 cm³/mol. The van der Waals surface area contributed by atoms with E-state index >= 15 is 0 Å². The maximum Gasteiger partial charge on any atom is 0.244 e. The van der Waals surface area contributed by atoms with Crippen LogP contribution in [0.25, 0.3) is 0 Å². The van der Waals surface area contributed by atoms with Gasteiger partial charge in [-0.2, -0.15) is 0 Å². The lowest BCUT2D eigenvalue weighted by atomic mass is 10.3. The number of imidazole rings is 1. The summed E-state index contributed by atoms with van der Waals surface area (Å²) in [6.45, 7) is 3.41. The molecule has 2 aromatic rings. The summed E-state index contributed by atoms with van der Waals surface area (Å²) < 4.78 is 27.6. The van der Waals surface area contributed by atoms with Crippen LogP contribution in [0.4, 0.5) is 5.69 Å². The van der Waals surface area contributed by atoms with E-state index in [0.29, 0.717) is 12.2 Å². The number of sulfonamides is 1. The highest BCUT2D eigenvalue weighted by atomic mass is 35.5. The molecule has 0 radical (unpaired) electrons. The molecule has 0 aliphatic heterocycles. The van der Waals surface area contributed by atoms with E-state index in [4.69, 9.17) is 11.6 Å². The van der Waals surface area contributed by atoms with Crippen molar-refractivity contribution >= 4 is 27.3 Å². The number of benzene rings is 1. The van der Waals surface area contributed by atoms with Crippen LogP contribution >= 0.6 is 11.6 Å². The minimum absolute atomic E-state index is 0.0863. The van der Waals surface area contributed by atoms with Gasteiger partial charge in [-0.05, 0) is 25.1 Å². The first-order valence-corrected chi connectivity index (χ1v) is 8.63. The van der Waals surface area contributed by atoms with Gasteiger partial charge in [0.25, 0.3) is 0 Å². The number of rotatable bonds is 6. The summed E-state index contributed by atoms with van der Waals surface area (Å²) in [5, 5.41) is 3.36. The minimum Gasteiger partial charge on any atom is -0.379 e. The highest BCUT2D eigenvalue weighted by Crippen LogP contribution is 2.27. The second-order valence-corrected chi connectivity index (χ2v) is 7.51. The Labute approximate surface area is 135 Å². The van der Waals surface area contributed by atoms with Gasteiger partial charge in [-0.15, -0.1) is 0 Å². The van der Waals surface area contributed by atoms with Gasteiger partial charge in [0.1, 0.15) is 4.90 Å². The molecular weight excluding hydrogens is 324 g/mol.